The molecule has 0 bridgehead atoms. The van der Waals surface area contributed by atoms with Gasteiger partial charge in [0.2, 0.25) is 5.88 Å². The fourth-order valence-corrected chi connectivity index (χ4v) is 3.35. The van der Waals surface area contributed by atoms with E-state index in [4.69, 9.17) is 15.4 Å². The van der Waals surface area contributed by atoms with Crippen LogP contribution in [-0.4, -0.2) is 19.7 Å². The molecule has 10 nitrogen and oxygen atoms in total. The second-order valence-electron chi connectivity index (χ2n) is 7.24. The maximum Gasteiger partial charge on any atom is 0.274 e. The van der Waals surface area contributed by atoms with Crippen molar-refractivity contribution in [3.05, 3.63) is 90.5 Å². The second-order valence-corrected chi connectivity index (χ2v) is 8.44. The van der Waals surface area contributed by atoms with Gasteiger partial charge in [0, 0.05) is 35.7 Å². The van der Waals surface area contributed by atoms with Gasteiger partial charge in [-0.15, -0.1) is 0 Å². The summed E-state index contributed by atoms with van der Waals surface area (Å²) in [5.74, 6) is 0.822. The number of pyridine rings is 2. The lowest BCUT2D eigenvalue weighted by Crippen LogP contribution is -2.38. The largest absolute Gasteiger partial charge is 0.756 e. The van der Waals surface area contributed by atoms with Gasteiger partial charge < -0.3 is 14.5 Å². The first-order valence-electron chi connectivity index (χ1n) is 9.97. The van der Waals surface area contributed by atoms with E-state index in [-0.39, 0.29) is 5.82 Å². The van der Waals surface area contributed by atoms with Crippen molar-refractivity contribution in [3.63, 3.8) is 0 Å². The van der Waals surface area contributed by atoms with E-state index in [1.807, 2.05) is 48.7 Å². The number of hydrogen-bond donors (Lipinski definition) is 2. The molecule has 170 valence electrons. The van der Waals surface area contributed by atoms with E-state index in [0.717, 1.165) is 22.3 Å². The molecule has 4 aromatic rings. The van der Waals surface area contributed by atoms with Crippen molar-refractivity contribution in [1.82, 2.24) is 14.8 Å². The van der Waals surface area contributed by atoms with Crippen LogP contribution < -0.4 is 19.9 Å². The predicted molar refractivity (Wildman–Crippen MR) is 117 cm³/mol. The maximum atomic E-state index is 10.9. The molecule has 1 unspecified atom stereocenters. The molecule has 3 heterocycles. The SMILES string of the molecule is Nc1ccc(-c2cnn(Cc3ccc(OCc4ccccc4)nc3)c2)c[n+]1COP(=O)([O-])O. The molecule has 0 spiro atoms. The molecule has 0 saturated heterocycles. The van der Waals surface area contributed by atoms with Crippen molar-refractivity contribution in [2.24, 2.45) is 0 Å². The van der Waals surface area contributed by atoms with Crippen LogP contribution in [0.4, 0.5) is 5.82 Å². The molecule has 33 heavy (non-hydrogen) atoms. The standard InChI is InChI=1S/C22H22N5O5P/c23-21-8-7-19(13-26(21)16-32-33(28,29)30)20-11-25-27(14-20)12-18-6-9-22(24-10-18)31-15-17-4-2-1-3-5-17/h1-11,13-14,23H,12,15-16H2,(H2,28,29,30). The van der Waals surface area contributed by atoms with Crippen molar-refractivity contribution in [2.45, 2.75) is 19.9 Å². The number of nitrogen functional groups attached to an aromatic ring is 1. The summed E-state index contributed by atoms with van der Waals surface area (Å²) >= 11 is 0. The van der Waals surface area contributed by atoms with E-state index in [9.17, 15) is 9.46 Å². The van der Waals surface area contributed by atoms with Crippen LogP contribution in [0.15, 0.2) is 79.4 Å². The Bertz CT molecular complexity index is 1260. The van der Waals surface area contributed by atoms with Crippen LogP contribution in [0.2, 0.25) is 0 Å². The van der Waals surface area contributed by atoms with Crippen LogP contribution in [0.3, 0.4) is 0 Å². The van der Waals surface area contributed by atoms with Gasteiger partial charge in [-0.2, -0.15) is 5.10 Å². The molecule has 0 aliphatic heterocycles. The molecule has 0 aliphatic carbocycles. The van der Waals surface area contributed by atoms with Crippen LogP contribution in [0, 0.1) is 0 Å². The van der Waals surface area contributed by atoms with Gasteiger partial charge in [0.25, 0.3) is 13.6 Å². The Balaban J connectivity index is 1.39. The third-order valence-corrected chi connectivity index (χ3v) is 5.20. The average molecular weight is 467 g/mol. The third kappa shape index (κ3) is 6.47. The van der Waals surface area contributed by atoms with Gasteiger partial charge in [-0.1, -0.05) is 36.4 Å². The highest BCUT2D eigenvalue weighted by Gasteiger charge is 2.12. The molecule has 0 radical (unpaired) electrons. The van der Waals surface area contributed by atoms with Gasteiger partial charge >= 0.3 is 0 Å². The fraction of sp³-hybridized carbons (Fsp3) is 0.136. The molecule has 4 rings (SSSR count). The summed E-state index contributed by atoms with van der Waals surface area (Å²) in [6.45, 7) is 0.524. The summed E-state index contributed by atoms with van der Waals surface area (Å²) in [6, 6.07) is 17.0. The highest BCUT2D eigenvalue weighted by Crippen LogP contribution is 2.30. The Morgan fingerprint density at radius 1 is 1.06 bits per heavy atom. The number of phosphoric ester groups is 1. The lowest BCUT2D eigenvalue weighted by Gasteiger charge is -2.14. The highest BCUT2D eigenvalue weighted by atomic mass is 31.2. The average Bonchev–Trinajstić information content (AvgIpc) is 3.27. The minimum atomic E-state index is -4.85. The van der Waals surface area contributed by atoms with E-state index in [2.05, 4.69) is 14.6 Å². The quantitative estimate of drug-likeness (QED) is 0.281. The number of anilines is 1. The van der Waals surface area contributed by atoms with Crippen molar-refractivity contribution in [1.29, 1.82) is 0 Å². The zero-order chi connectivity index (χ0) is 23.3. The molecular weight excluding hydrogens is 445 g/mol. The number of benzene rings is 1. The van der Waals surface area contributed by atoms with Crippen molar-refractivity contribution < 1.29 is 28.2 Å². The molecule has 1 aromatic carbocycles. The monoisotopic (exact) mass is 467 g/mol. The molecule has 1 atom stereocenters. The summed E-state index contributed by atoms with van der Waals surface area (Å²) in [7, 11) is -4.85. The normalized spacial score (nSPS) is 12.9. The van der Waals surface area contributed by atoms with Gasteiger partial charge in [0.1, 0.15) is 12.8 Å². The topological polar surface area (TPSA) is 139 Å². The Hall–Kier alpha value is -3.56. The molecule has 3 N–H and O–H groups in total. The number of aromatic nitrogens is 4. The van der Waals surface area contributed by atoms with Gasteiger partial charge in [0.05, 0.1) is 12.7 Å². The van der Waals surface area contributed by atoms with Crippen LogP contribution in [0.25, 0.3) is 11.1 Å². The summed E-state index contributed by atoms with van der Waals surface area (Å²) in [5, 5.41) is 4.37. The fourth-order valence-electron chi connectivity index (χ4n) is 3.08. The molecule has 0 fully saturated rings. The molecule has 0 aliphatic rings. The van der Waals surface area contributed by atoms with Gasteiger partial charge in [0.15, 0.2) is 6.73 Å². The Kier molecular flexibility index (Phi) is 6.81. The van der Waals surface area contributed by atoms with Crippen LogP contribution in [0.5, 0.6) is 5.88 Å². The summed E-state index contributed by atoms with van der Waals surface area (Å²) in [5.41, 5.74) is 9.41. The number of nitrogens with two attached hydrogens (primary N) is 1. The summed E-state index contributed by atoms with van der Waals surface area (Å²) in [6.07, 6.45) is 6.90. The number of ether oxygens (including phenoxy) is 1. The summed E-state index contributed by atoms with van der Waals surface area (Å²) in [4.78, 5) is 24.0. The van der Waals surface area contributed by atoms with Gasteiger partial charge in [-0.25, -0.2) is 9.55 Å². The number of phosphoric acid groups is 1. The molecule has 11 heteroatoms. The van der Waals surface area contributed by atoms with Crippen molar-refractivity contribution in [2.75, 3.05) is 5.73 Å². The van der Waals surface area contributed by atoms with E-state index in [1.165, 1.54) is 4.57 Å². The van der Waals surface area contributed by atoms with E-state index in [1.54, 1.807) is 35.4 Å². The zero-order valence-corrected chi connectivity index (χ0v) is 18.4. The van der Waals surface area contributed by atoms with E-state index >= 15 is 0 Å². The zero-order valence-electron chi connectivity index (χ0n) is 17.5. The van der Waals surface area contributed by atoms with Crippen LogP contribution >= 0.6 is 7.82 Å². The molecular formula is C22H22N5O5P. The number of rotatable bonds is 9. The number of nitrogens with zero attached hydrogens (tertiary/aromatic N) is 4. The Morgan fingerprint density at radius 2 is 1.88 bits per heavy atom. The molecule has 0 saturated carbocycles. The van der Waals surface area contributed by atoms with E-state index < -0.39 is 14.6 Å². The first-order valence-corrected chi connectivity index (χ1v) is 11.5. The minimum absolute atomic E-state index is 0.278. The van der Waals surface area contributed by atoms with Crippen LogP contribution in [-0.2, 0) is 29.0 Å². The predicted octanol–water partition coefficient (Wildman–Crippen LogP) is 1.88. The maximum absolute atomic E-state index is 10.9. The van der Waals surface area contributed by atoms with E-state index in [0.29, 0.717) is 19.0 Å². The van der Waals surface area contributed by atoms with Gasteiger partial charge in [-0.05, 0) is 17.2 Å². The second kappa shape index (κ2) is 9.93. The Morgan fingerprint density at radius 3 is 2.61 bits per heavy atom. The molecule has 0 amide bonds. The minimum Gasteiger partial charge on any atom is -0.756 e. The van der Waals surface area contributed by atoms with Gasteiger partial charge in [-0.3, -0.25) is 19.5 Å². The highest BCUT2D eigenvalue weighted by molar-refractivity contribution is 7.44. The lowest BCUT2D eigenvalue weighted by molar-refractivity contribution is -0.712. The first-order chi connectivity index (χ1) is 15.9. The third-order valence-electron chi connectivity index (χ3n) is 4.76. The lowest BCUT2D eigenvalue weighted by atomic mass is 10.1. The van der Waals surface area contributed by atoms with Crippen molar-refractivity contribution >= 4 is 13.6 Å². The van der Waals surface area contributed by atoms with Crippen LogP contribution in [0.1, 0.15) is 11.1 Å². The molecule has 3 aromatic heterocycles. The van der Waals surface area contributed by atoms with Crippen molar-refractivity contribution in [3.8, 4) is 17.0 Å². The first kappa shape index (κ1) is 22.6. The smallest absolute Gasteiger partial charge is 0.274 e. The summed E-state index contributed by atoms with van der Waals surface area (Å²) < 4.78 is 24.1. The number of hydrogen-bond acceptors (Lipinski definition) is 7. The Labute approximate surface area is 190 Å².